The van der Waals surface area contributed by atoms with Crippen LogP contribution in [0.1, 0.15) is 30.3 Å². The third kappa shape index (κ3) is 2.56. The Morgan fingerprint density at radius 2 is 2.04 bits per heavy atom. The Hall–Kier alpha value is -1.79. The normalized spacial score (nSPS) is 33.4. The van der Waals surface area contributed by atoms with Crippen LogP contribution in [0.25, 0.3) is 0 Å². The summed E-state index contributed by atoms with van der Waals surface area (Å²) >= 11 is 0. The van der Waals surface area contributed by atoms with Crippen molar-refractivity contribution in [1.82, 2.24) is 14.9 Å². The first kappa shape index (κ1) is 14.8. The van der Waals surface area contributed by atoms with Crippen LogP contribution in [0.2, 0.25) is 0 Å². The van der Waals surface area contributed by atoms with E-state index in [1.165, 1.54) is 0 Å². The number of hydrogen-bond acceptors (Lipinski definition) is 5. The van der Waals surface area contributed by atoms with E-state index in [1.807, 2.05) is 36.2 Å². The lowest BCUT2D eigenvalue weighted by Gasteiger charge is -2.35. The SMILES string of the molecule is Cc1nccc(C2CCN(C(=O)[C@H]3[C@@H](N)[C@@H]4C=C[C@H]3O4)CC2)n1. The fraction of sp³-hybridized carbons (Fsp3) is 0.588. The maximum atomic E-state index is 12.8. The summed E-state index contributed by atoms with van der Waals surface area (Å²) in [7, 11) is 0. The first-order valence-corrected chi connectivity index (χ1v) is 8.31. The van der Waals surface area contributed by atoms with Crippen LogP contribution in [0.5, 0.6) is 0 Å². The molecule has 122 valence electrons. The number of aromatic nitrogens is 2. The van der Waals surface area contributed by atoms with E-state index in [0.29, 0.717) is 5.92 Å². The molecule has 4 heterocycles. The van der Waals surface area contributed by atoms with Gasteiger partial charge in [0.15, 0.2) is 0 Å². The van der Waals surface area contributed by atoms with Crippen molar-refractivity contribution in [2.24, 2.45) is 11.7 Å². The summed E-state index contributed by atoms with van der Waals surface area (Å²) in [5, 5.41) is 0. The van der Waals surface area contributed by atoms with E-state index in [-0.39, 0.29) is 30.1 Å². The number of aryl methyl sites for hydroxylation is 1. The van der Waals surface area contributed by atoms with Crippen LogP contribution >= 0.6 is 0 Å². The van der Waals surface area contributed by atoms with Gasteiger partial charge in [0, 0.05) is 36.9 Å². The number of likely N-dealkylation sites (tertiary alicyclic amines) is 1. The van der Waals surface area contributed by atoms with Gasteiger partial charge in [-0.05, 0) is 25.8 Å². The number of ether oxygens (including phenoxy) is 1. The van der Waals surface area contributed by atoms with Gasteiger partial charge in [0.1, 0.15) is 5.82 Å². The molecule has 1 aromatic heterocycles. The van der Waals surface area contributed by atoms with E-state index in [0.717, 1.165) is 37.4 Å². The Morgan fingerprint density at radius 1 is 1.30 bits per heavy atom. The van der Waals surface area contributed by atoms with Gasteiger partial charge in [0.2, 0.25) is 5.91 Å². The van der Waals surface area contributed by atoms with Crippen molar-refractivity contribution in [3.63, 3.8) is 0 Å². The summed E-state index contributed by atoms with van der Waals surface area (Å²) in [6, 6.07) is 1.78. The molecule has 23 heavy (non-hydrogen) atoms. The molecule has 3 aliphatic rings. The molecule has 2 bridgehead atoms. The molecule has 2 fully saturated rings. The maximum Gasteiger partial charge on any atom is 0.230 e. The van der Waals surface area contributed by atoms with Crippen molar-refractivity contribution >= 4 is 5.91 Å². The third-order valence-electron chi connectivity index (χ3n) is 5.26. The zero-order valence-electron chi connectivity index (χ0n) is 13.3. The summed E-state index contributed by atoms with van der Waals surface area (Å²) in [5.74, 6) is 1.14. The van der Waals surface area contributed by atoms with Gasteiger partial charge in [-0.1, -0.05) is 12.2 Å². The molecule has 0 radical (unpaired) electrons. The van der Waals surface area contributed by atoms with E-state index in [9.17, 15) is 4.79 Å². The van der Waals surface area contributed by atoms with Crippen LogP contribution in [-0.2, 0) is 9.53 Å². The van der Waals surface area contributed by atoms with Gasteiger partial charge in [0.25, 0.3) is 0 Å². The number of rotatable bonds is 2. The first-order chi connectivity index (χ1) is 11.1. The third-order valence-corrected chi connectivity index (χ3v) is 5.26. The second-order valence-corrected chi connectivity index (χ2v) is 6.68. The first-order valence-electron chi connectivity index (χ1n) is 8.31. The zero-order valence-corrected chi connectivity index (χ0v) is 13.3. The van der Waals surface area contributed by atoms with Gasteiger partial charge < -0.3 is 15.4 Å². The smallest absolute Gasteiger partial charge is 0.230 e. The van der Waals surface area contributed by atoms with Gasteiger partial charge in [-0.3, -0.25) is 4.79 Å². The lowest BCUT2D eigenvalue weighted by atomic mass is 9.87. The monoisotopic (exact) mass is 314 g/mol. The second-order valence-electron chi connectivity index (χ2n) is 6.68. The van der Waals surface area contributed by atoms with Crippen molar-refractivity contribution in [1.29, 1.82) is 0 Å². The van der Waals surface area contributed by atoms with Gasteiger partial charge in [-0.25, -0.2) is 9.97 Å². The van der Waals surface area contributed by atoms with Crippen molar-refractivity contribution in [3.05, 3.63) is 35.9 Å². The molecule has 1 amide bonds. The number of hydrogen-bond donors (Lipinski definition) is 1. The molecule has 6 heteroatoms. The molecule has 0 unspecified atom stereocenters. The molecule has 0 aromatic carbocycles. The predicted molar refractivity (Wildman–Crippen MR) is 84.6 cm³/mol. The van der Waals surface area contributed by atoms with E-state index in [1.54, 1.807) is 0 Å². The number of piperidine rings is 1. The molecule has 0 spiro atoms. The Labute approximate surface area is 135 Å². The lowest BCUT2D eigenvalue weighted by molar-refractivity contribution is -0.137. The standard InChI is InChI=1S/C17H22N4O2/c1-10-19-7-4-12(20-10)11-5-8-21(9-6-11)17(22)15-13-2-3-14(23-13)16(15)18/h2-4,7,11,13-16H,5-6,8-9,18H2,1H3/t13-,14+,15-,16+/m1/s1. The van der Waals surface area contributed by atoms with E-state index < -0.39 is 0 Å². The van der Waals surface area contributed by atoms with Crippen molar-refractivity contribution in [2.45, 2.75) is 43.9 Å². The largest absolute Gasteiger partial charge is 0.364 e. The summed E-state index contributed by atoms with van der Waals surface area (Å²) in [5.41, 5.74) is 7.26. The Balaban J connectivity index is 1.40. The summed E-state index contributed by atoms with van der Waals surface area (Å²) in [6.45, 7) is 3.43. The van der Waals surface area contributed by atoms with E-state index >= 15 is 0 Å². The minimum atomic E-state index is -0.220. The summed E-state index contributed by atoms with van der Waals surface area (Å²) < 4.78 is 5.71. The molecule has 4 atom stereocenters. The topological polar surface area (TPSA) is 81.3 Å². The molecule has 6 nitrogen and oxygen atoms in total. The van der Waals surface area contributed by atoms with E-state index in [4.69, 9.17) is 10.5 Å². The molecule has 0 aliphatic carbocycles. The lowest BCUT2D eigenvalue weighted by Crippen LogP contribution is -2.50. The fourth-order valence-electron chi connectivity index (χ4n) is 3.95. The van der Waals surface area contributed by atoms with Crippen LogP contribution in [0.4, 0.5) is 0 Å². The Bertz CT molecular complexity index is 639. The second kappa shape index (κ2) is 5.69. The predicted octanol–water partition coefficient (Wildman–Crippen LogP) is 0.772. The highest BCUT2D eigenvalue weighted by Gasteiger charge is 2.49. The Kier molecular flexibility index (Phi) is 3.66. The van der Waals surface area contributed by atoms with Gasteiger partial charge in [0.05, 0.1) is 18.1 Å². The van der Waals surface area contributed by atoms with Crippen molar-refractivity contribution in [3.8, 4) is 0 Å². The number of carbonyl (C=O) groups excluding carboxylic acids is 1. The molecule has 4 rings (SSSR count). The van der Waals surface area contributed by atoms with Crippen LogP contribution in [-0.4, -0.2) is 52.1 Å². The molecular formula is C17H22N4O2. The highest BCUT2D eigenvalue weighted by atomic mass is 16.5. The quantitative estimate of drug-likeness (QED) is 0.816. The molecule has 0 saturated carbocycles. The highest BCUT2D eigenvalue weighted by Crippen LogP contribution is 2.35. The van der Waals surface area contributed by atoms with Crippen LogP contribution < -0.4 is 5.73 Å². The zero-order chi connectivity index (χ0) is 16.0. The summed E-state index contributed by atoms with van der Waals surface area (Å²) in [6.07, 6.45) is 7.42. The molecule has 1 aromatic rings. The number of nitrogens with zero attached hydrogens (tertiary/aromatic N) is 3. The van der Waals surface area contributed by atoms with E-state index in [2.05, 4.69) is 9.97 Å². The van der Waals surface area contributed by atoms with Crippen molar-refractivity contribution < 1.29 is 9.53 Å². The summed E-state index contributed by atoms with van der Waals surface area (Å²) in [4.78, 5) is 23.4. The minimum absolute atomic E-state index is 0.0875. The minimum Gasteiger partial charge on any atom is -0.364 e. The Morgan fingerprint density at radius 3 is 2.70 bits per heavy atom. The van der Waals surface area contributed by atoms with Crippen molar-refractivity contribution in [2.75, 3.05) is 13.1 Å². The highest BCUT2D eigenvalue weighted by molar-refractivity contribution is 5.81. The number of fused-ring (bicyclic) bond motifs is 2. The van der Waals surface area contributed by atoms with Gasteiger partial charge in [-0.2, -0.15) is 0 Å². The molecule has 3 aliphatic heterocycles. The average molecular weight is 314 g/mol. The molecule has 2 saturated heterocycles. The fourth-order valence-corrected chi connectivity index (χ4v) is 3.95. The average Bonchev–Trinajstić information content (AvgIpc) is 3.15. The van der Waals surface area contributed by atoms with Gasteiger partial charge >= 0.3 is 0 Å². The van der Waals surface area contributed by atoms with Crippen LogP contribution in [0.15, 0.2) is 24.4 Å². The maximum absolute atomic E-state index is 12.8. The number of nitrogens with two attached hydrogens (primary N) is 1. The number of amides is 1. The molecule has 2 N–H and O–H groups in total. The van der Waals surface area contributed by atoms with Crippen LogP contribution in [0.3, 0.4) is 0 Å². The van der Waals surface area contributed by atoms with Gasteiger partial charge in [-0.15, -0.1) is 0 Å². The number of carbonyl (C=O) groups is 1. The molecular weight excluding hydrogens is 292 g/mol. The van der Waals surface area contributed by atoms with Crippen LogP contribution in [0, 0.1) is 12.8 Å².